The molecular formula is C33H21Br. The van der Waals surface area contributed by atoms with Crippen molar-refractivity contribution < 1.29 is 0 Å². The number of hydrogen-bond donors (Lipinski definition) is 0. The second kappa shape index (κ2) is 7.16. The Bertz CT molecular complexity index is 1630. The molecule has 5 aromatic carbocycles. The number of rotatable bonds is 2. The first kappa shape index (κ1) is 19.8. The second-order valence-corrected chi connectivity index (χ2v) is 10.00. The van der Waals surface area contributed by atoms with E-state index in [1.54, 1.807) is 0 Å². The molecule has 0 aromatic heterocycles. The minimum absolute atomic E-state index is 0.333. The molecule has 0 aliphatic heterocycles. The highest BCUT2D eigenvalue weighted by molar-refractivity contribution is 9.10. The van der Waals surface area contributed by atoms with Crippen LogP contribution in [-0.4, -0.2) is 0 Å². The van der Waals surface area contributed by atoms with Gasteiger partial charge in [-0.15, -0.1) is 0 Å². The third kappa shape index (κ3) is 2.43. The summed E-state index contributed by atoms with van der Waals surface area (Å²) in [4.78, 5) is 0. The van der Waals surface area contributed by atoms with Gasteiger partial charge in [0.1, 0.15) is 0 Å². The molecule has 0 amide bonds. The number of benzene rings is 5. The molecule has 0 N–H and O–H groups in total. The van der Waals surface area contributed by atoms with Gasteiger partial charge in [0.15, 0.2) is 0 Å². The lowest BCUT2D eigenvalue weighted by molar-refractivity contribution is 0.793. The standard InChI is InChI=1S/C33H21Br/c1-2-21-9-3-4-10-24(21)22-15-17-27-25-11-5-7-13-29(25)33(31(27)19-22)30-14-8-6-12-26(30)28-18-16-23(34)20-32(28)33/h2-20H,1H2. The Balaban J connectivity index is 1.63. The van der Waals surface area contributed by atoms with Gasteiger partial charge in [0.05, 0.1) is 5.41 Å². The lowest BCUT2D eigenvalue weighted by Gasteiger charge is -2.31. The van der Waals surface area contributed by atoms with Gasteiger partial charge in [0, 0.05) is 4.47 Å². The van der Waals surface area contributed by atoms with Crippen LogP contribution in [0.15, 0.2) is 120 Å². The van der Waals surface area contributed by atoms with E-state index in [1.165, 1.54) is 55.6 Å². The lowest BCUT2D eigenvalue weighted by atomic mass is 9.70. The summed E-state index contributed by atoms with van der Waals surface area (Å²) in [6.07, 6.45) is 1.95. The van der Waals surface area contributed by atoms with Gasteiger partial charge in [-0.25, -0.2) is 0 Å². The second-order valence-electron chi connectivity index (χ2n) is 9.08. The largest absolute Gasteiger partial charge is 0.0984 e. The fourth-order valence-electron chi connectivity index (χ4n) is 6.22. The topological polar surface area (TPSA) is 0 Å². The zero-order chi connectivity index (χ0) is 22.9. The van der Waals surface area contributed by atoms with Gasteiger partial charge >= 0.3 is 0 Å². The Morgan fingerprint density at radius 3 is 1.74 bits per heavy atom. The summed E-state index contributed by atoms with van der Waals surface area (Å²) >= 11 is 3.78. The molecule has 160 valence electrons. The first-order valence-electron chi connectivity index (χ1n) is 11.6. The summed E-state index contributed by atoms with van der Waals surface area (Å²) in [6, 6.07) is 40.1. The Morgan fingerprint density at radius 2 is 1.06 bits per heavy atom. The molecule has 5 aromatic rings. The van der Waals surface area contributed by atoms with Gasteiger partial charge in [-0.1, -0.05) is 120 Å². The Morgan fingerprint density at radius 1 is 0.529 bits per heavy atom. The Hall–Kier alpha value is -3.68. The van der Waals surface area contributed by atoms with Crippen molar-refractivity contribution in [3.63, 3.8) is 0 Å². The van der Waals surface area contributed by atoms with E-state index in [0.29, 0.717) is 0 Å². The van der Waals surface area contributed by atoms with Crippen LogP contribution in [0.1, 0.15) is 27.8 Å². The van der Waals surface area contributed by atoms with E-state index in [9.17, 15) is 0 Å². The molecule has 1 unspecified atom stereocenters. The molecule has 0 bridgehead atoms. The third-order valence-electron chi connectivity index (χ3n) is 7.54. The first-order chi connectivity index (χ1) is 16.7. The van der Waals surface area contributed by atoms with Crippen LogP contribution in [0.5, 0.6) is 0 Å². The van der Waals surface area contributed by atoms with Crippen molar-refractivity contribution in [3.05, 3.63) is 148 Å². The molecule has 34 heavy (non-hydrogen) atoms. The molecule has 0 fully saturated rings. The fraction of sp³-hybridized carbons (Fsp3) is 0.0303. The SMILES string of the molecule is C=Cc1ccccc1-c1ccc2c(c1)C1(c3ccccc3-c3ccc(Br)cc31)c1ccccc1-2. The molecule has 1 heteroatoms. The van der Waals surface area contributed by atoms with Crippen molar-refractivity contribution in [2.24, 2.45) is 0 Å². The summed E-state index contributed by atoms with van der Waals surface area (Å²) < 4.78 is 1.11. The normalized spacial score (nSPS) is 16.6. The van der Waals surface area contributed by atoms with E-state index in [-0.39, 0.29) is 5.41 Å². The maximum Gasteiger partial charge on any atom is 0.0726 e. The van der Waals surface area contributed by atoms with Crippen LogP contribution in [0.2, 0.25) is 0 Å². The summed E-state index contributed by atoms with van der Waals surface area (Å²) in [7, 11) is 0. The smallest absolute Gasteiger partial charge is 0.0726 e. The minimum Gasteiger partial charge on any atom is -0.0984 e. The van der Waals surface area contributed by atoms with Crippen LogP contribution in [0.4, 0.5) is 0 Å². The molecule has 1 atom stereocenters. The lowest BCUT2D eigenvalue weighted by Crippen LogP contribution is -2.25. The van der Waals surface area contributed by atoms with Gasteiger partial charge in [-0.2, -0.15) is 0 Å². The quantitative estimate of drug-likeness (QED) is 0.223. The first-order valence-corrected chi connectivity index (χ1v) is 12.4. The molecular weight excluding hydrogens is 476 g/mol. The maximum atomic E-state index is 4.06. The Labute approximate surface area is 208 Å². The highest BCUT2D eigenvalue weighted by Gasteiger charge is 2.51. The number of hydrogen-bond acceptors (Lipinski definition) is 0. The van der Waals surface area contributed by atoms with Crippen LogP contribution in [0, 0.1) is 0 Å². The van der Waals surface area contributed by atoms with Crippen LogP contribution < -0.4 is 0 Å². The van der Waals surface area contributed by atoms with E-state index in [1.807, 2.05) is 6.08 Å². The highest BCUT2D eigenvalue weighted by atomic mass is 79.9. The zero-order valence-corrected chi connectivity index (χ0v) is 20.1. The third-order valence-corrected chi connectivity index (χ3v) is 8.04. The van der Waals surface area contributed by atoms with Crippen molar-refractivity contribution in [2.45, 2.75) is 5.41 Å². The summed E-state index contributed by atoms with van der Waals surface area (Å²) in [5.41, 5.74) is 14.0. The average Bonchev–Trinajstić information content (AvgIpc) is 3.35. The van der Waals surface area contributed by atoms with E-state index < -0.39 is 0 Å². The van der Waals surface area contributed by atoms with E-state index in [4.69, 9.17) is 0 Å². The van der Waals surface area contributed by atoms with Crippen LogP contribution in [-0.2, 0) is 5.41 Å². The van der Waals surface area contributed by atoms with Crippen molar-refractivity contribution in [3.8, 4) is 33.4 Å². The maximum absolute atomic E-state index is 4.06. The average molecular weight is 497 g/mol. The van der Waals surface area contributed by atoms with Gasteiger partial charge in [-0.05, 0) is 79.4 Å². The molecule has 0 saturated heterocycles. The van der Waals surface area contributed by atoms with Crippen molar-refractivity contribution in [2.75, 3.05) is 0 Å². The zero-order valence-electron chi connectivity index (χ0n) is 18.6. The molecule has 0 radical (unpaired) electrons. The van der Waals surface area contributed by atoms with Crippen molar-refractivity contribution in [1.29, 1.82) is 0 Å². The molecule has 0 heterocycles. The fourth-order valence-corrected chi connectivity index (χ4v) is 6.58. The van der Waals surface area contributed by atoms with Gasteiger partial charge in [0.2, 0.25) is 0 Å². The van der Waals surface area contributed by atoms with E-state index in [0.717, 1.165) is 10.0 Å². The molecule has 0 nitrogen and oxygen atoms in total. The van der Waals surface area contributed by atoms with Gasteiger partial charge in [0.25, 0.3) is 0 Å². The summed E-state index contributed by atoms with van der Waals surface area (Å²) in [6.45, 7) is 4.06. The molecule has 2 aliphatic carbocycles. The van der Waals surface area contributed by atoms with Crippen molar-refractivity contribution in [1.82, 2.24) is 0 Å². The molecule has 0 saturated carbocycles. The predicted octanol–water partition coefficient (Wildman–Crippen LogP) is 9.10. The van der Waals surface area contributed by atoms with Crippen LogP contribution >= 0.6 is 15.9 Å². The van der Waals surface area contributed by atoms with E-state index in [2.05, 4.69) is 132 Å². The number of fused-ring (bicyclic) bond motifs is 10. The van der Waals surface area contributed by atoms with Gasteiger partial charge < -0.3 is 0 Å². The van der Waals surface area contributed by atoms with Crippen LogP contribution in [0.25, 0.3) is 39.5 Å². The molecule has 1 spiro atoms. The Kier molecular flexibility index (Phi) is 4.16. The molecule has 7 rings (SSSR count). The highest BCUT2D eigenvalue weighted by Crippen LogP contribution is 2.63. The van der Waals surface area contributed by atoms with E-state index >= 15 is 0 Å². The van der Waals surface area contributed by atoms with Gasteiger partial charge in [-0.3, -0.25) is 0 Å². The number of halogens is 1. The summed E-state index contributed by atoms with van der Waals surface area (Å²) in [5, 5.41) is 0. The van der Waals surface area contributed by atoms with Crippen LogP contribution in [0.3, 0.4) is 0 Å². The predicted molar refractivity (Wildman–Crippen MR) is 146 cm³/mol. The molecule has 2 aliphatic rings. The summed E-state index contributed by atoms with van der Waals surface area (Å²) in [5.74, 6) is 0. The van der Waals surface area contributed by atoms with Crippen molar-refractivity contribution >= 4 is 22.0 Å². The monoisotopic (exact) mass is 496 g/mol. The minimum atomic E-state index is -0.333.